The molecule has 8 nitrogen and oxygen atoms in total. The highest BCUT2D eigenvalue weighted by atomic mass is 16.5. The first-order valence-electron chi connectivity index (χ1n) is 13.0. The number of likely N-dealkylation sites (tertiary alicyclic amines) is 1. The van der Waals surface area contributed by atoms with Crippen LogP contribution in [0, 0.1) is 12.8 Å². The molecular weight excluding hydrogens is 452 g/mol. The van der Waals surface area contributed by atoms with Crippen LogP contribution in [0.25, 0.3) is 22.5 Å². The van der Waals surface area contributed by atoms with E-state index in [4.69, 9.17) is 14.7 Å². The number of benzene rings is 1. The molecule has 1 saturated carbocycles. The number of imidazole rings is 1. The van der Waals surface area contributed by atoms with E-state index in [0.717, 1.165) is 78.4 Å². The Bertz CT molecular complexity index is 1330. The lowest BCUT2D eigenvalue weighted by molar-refractivity contribution is 0.0950. The van der Waals surface area contributed by atoms with Gasteiger partial charge in [0.25, 0.3) is 5.91 Å². The van der Waals surface area contributed by atoms with Gasteiger partial charge in [-0.05, 0) is 75.4 Å². The Morgan fingerprint density at radius 2 is 2.14 bits per heavy atom. The van der Waals surface area contributed by atoms with Crippen LogP contribution in [0.4, 0.5) is 5.82 Å². The number of amides is 1. The van der Waals surface area contributed by atoms with E-state index in [1.165, 1.54) is 12.0 Å². The molecule has 1 saturated heterocycles. The molecule has 8 heteroatoms. The minimum absolute atomic E-state index is 0.0154. The molecular formula is C28H34N6O2. The Kier molecular flexibility index (Phi) is 6.23. The summed E-state index contributed by atoms with van der Waals surface area (Å²) < 4.78 is 7.68. The second-order valence-electron chi connectivity index (χ2n) is 10.4. The van der Waals surface area contributed by atoms with Crippen molar-refractivity contribution in [2.75, 3.05) is 45.2 Å². The second-order valence-corrected chi connectivity index (χ2v) is 10.4. The number of hydrogen-bond donors (Lipinski definition) is 2. The van der Waals surface area contributed by atoms with E-state index in [9.17, 15) is 4.79 Å². The summed E-state index contributed by atoms with van der Waals surface area (Å²) in [6.45, 7) is 6.45. The molecule has 0 spiro atoms. The Labute approximate surface area is 211 Å². The molecule has 1 aromatic carbocycles. The molecule has 3 aliphatic rings. The molecule has 1 atom stereocenters. The van der Waals surface area contributed by atoms with Gasteiger partial charge in [-0.3, -0.25) is 9.20 Å². The molecule has 2 fully saturated rings. The predicted octanol–water partition coefficient (Wildman–Crippen LogP) is 3.76. The van der Waals surface area contributed by atoms with Gasteiger partial charge in [-0.15, -0.1) is 0 Å². The average Bonchev–Trinajstić information content (AvgIpc) is 3.43. The number of carbonyl (C=O) groups excluding carboxylic acids is 1. The number of ether oxygens (including phenoxy) is 1. The Morgan fingerprint density at radius 1 is 1.25 bits per heavy atom. The summed E-state index contributed by atoms with van der Waals surface area (Å²) in [6, 6.07) is 6.38. The maximum absolute atomic E-state index is 12.6. The van der Waals surface area contributed by atoms with Crippen LogP contribution in [-0.4, -0.2) is 71.1 Å². The summed E-state index contributed by atoms with van der Waals surface area (Å²) in [5.74, 6) is 1.44. The number of fused-ring (bicyclic) bond motifs is 1. The largest absolute Gasteiger partial charge is 0.377 e. The molecule has 188 valence electrons. The van der Waals surface area contributed by atoms with Gasteiger partial charge in [-0.1, -0.05) is 12.1 Å². The SMILES string of the molecule is Cc1cc(-c2cnc3c(NCC4CCN(C)C4)nc(C4=CCOCC4)cn23)ccc1C(=O)NC1CC1. The summed E-state index contributed by atoms with van der Waals surface area (Å²) >= 11 is 0. The van der Waals surface area contributed by atoms with Crippen molar-refractivity contribution >= 4 is 22.9 Å². The van der Waals surface area contributed by atoms with E-state index in [-0.39, 0.29) is 5.91 Å². The van der Waals surface area contributed by atoms with Gasteiger partial charge in [0.05, 0.1) is 30.8 Å². The van der Waals surface area contributed by atoms with E-state index in [0.29, 0.717) is 25.2 Å². The fraction of sp³-hybridized carbons (Fsp3) is 0.464. The fourth-order valence-electron chi connectivity index (χ4n) is 5.24. The number of anilines is 1. The summed E-state index contributed by atoms with van der Waals surface area (Å²) in [7, 11) is 2.18. The zero-order valence-corrected chi connectivity index (χ0v) is 21.1. The van der Waals surface area contributed by atoms with E-state index in [1.54, 1.807) is 0 Å². The number of nitrogens with one attached hydrogen (secondary N) is 2. The van der Waals surface area contributed by atoms with Crippen LogP contribution in [-0.2, 0) is 4.74 Å². The molecule has 0 bridgehead atoms. The first-order valence-corrected chi connectivity index (χ1v) is 13.0. The van der Waals surface area contributed by atoms with Crippen molar-refractivity contribution in [3.63, 3.8) is 0 Å². The van der Waals surface area contributed by atoms with Gasteiger partial charge in [0.1, 0.15) is 0 Å². The lowest BCUT2D eigenvalue weighted by Gasteiger charge is -2.17. The number of aromatic nitrogens is 3. The van der Waals surface area contributed by atoms with Crippen LogP contribution in [0.2, 0.25) is 0 Å². The van der Waals surface area contributed by atoms with Gasteiger partial charge in [-0.25, -0.2) is 9.97 Å². The van der Waals surface area contributed by atoms with Crippen molar-refractivity contribution in [2.45, 2.75) is 38.6 Å². The number of rotatable bonds is 7. The first kappa shape index (κ1) is 23.2. The number of aryl methyl sites for hydroxylation is 1. The molecule has 36 heavy (non-hydrogen) atoms. The second kappa shape index (κ2) is 9.67. The monoisotopic (exact) mass is 486 g/mol. The molecule has 2 aliphatic heterocycles. The van der Waals surface area contributed by atoms with Crippen LogP contribution in [0.5, 0.6) is 0 Å². The lowest BCUT2D eigenvalue weighted by Crippen LogP contribution is -2.26. The molecule has 3 aromatic rings. The summed E-state index contributed by atoms with van der Waals surface area (Å²) in [5.41, 5.74) is 6.69. The van der Waals surface area contributed by atoms with Crippen molar-refractivity contribution < 1.29 is 9.53 Å². The number of hydrogen-bond acceptors (Lipinski definition) is 6. The fourth-order valence-corrected chi connectivity index (χ4v) is 5.24. The summed E-state index contributed by atoms with van der Waals surface area (Å²) in [5, 5.41) is 6.71. The molecule has 1 unspecified atom stereocenters. The van der Waals surface area contributed by atoms with E-state index in [1.807, 2.05) is 25.3 Å². The van der Waals surface area contributed by atoms with E-state index in [2.05, 4.69) is 45.3 Å². The third kappa shape index (κ3) is 4.75. The van der Waals surface area contributed by atoms with Gasteiger partial charge in [-0.2, -0.15) is 0 Å². The van der Waals surface area contributed by atoms with Crippen molar-refractivity contribution in [2.24, 2.45) is 5.92 Å². The van der Waals surface area contributed by atoms with E-state index >= 15 is 0 Å². The molecule has 6 rings (SSSR count). The molecule has 1 amide bonds. The maximum Gasteiger partial charge on any atom is 0.251 e. The van der Waals surface area contributed by atoms with E-state index < -0.39 is 0 Å². The van der Waals surface area contributed by atoms with Gasteiger partial charge in [0, 0.05) is 36.5 Å². The molecule has 4 heterocycles. The van der Waals surface area contributed by atoms with Crippen molar-refractivity contribution in [3.8, 4) is 11.3 Å². The highest BCUT2D eigenvalue weighted by Crippen LogP contribution is 2.30. The smallest absolute Gasteiger partial charge is 0.251 e. The third-order valence-corrected chi connectivity index (χ3v) is 7.51. The zero-order chi connectivity index (χ0) is 24.6. The minimum Gasteiger partial charge on any atom is -0.377 e. The van der Waals surface area contributed by atoms with Crippen LogP contribution in [0.3, 0.4) is 0 Å². The van der Waals surface area contributed by atoms with Gasteiger partial charge >= 0.3 is 0 Å². The molecule has 0 radical (unpaired) electrons. The zero-order valence-electron chi connectivity index (χ0n) is 21.1. The van der Waals surface area contributed by atoms with Crippen molar-refractivity contribution in [1.29, 1.82) is 0 Å². The lowest BCUT2D eigenvalue weighted by atomic mass is 10.0. The highest BCUT2D eigenvalue weighted by Gasteiger charge is 2.25. The third-order valence-electron chi connectivity index (χ3n) is 7.51. The molecule has 2 aromatic heterocycles. The van der Waals surface area contributed by atoms with Gasteiger partial charge in [0.15, 0.2) is 11.5 Å². The normalized spacial score (nSPS) is 20.5. The maximum atomic E-state index is 12.6. The van der Waals surface area contributed by atoms with Crippen molar-refractivity contribution in [3.05, 3.63) is 53.5 Å². The standard InChI is InChI=1S/C28H34N6O2/c1-18-13-21(3-6-23(18)28(35)31-22-4-5-22)25-15-30-27-26(29-14-19-7-10-33(2)16-19)32-24(17-34(25)27)20-8-11-36-12-9-20/h3,6,8,13,15,17,19,22H,4-5,7,9-12,14,16H2,1-2H3,(H,29,32)(H,31,35). The topological polar surface area (TPSA) is 83.8 Å². The summed E-state index contributed by atoms with van der Waals surface area (Å²) in [4.78, 5) is 24.8. The van der Waals surface area contributed by atoms with Gasteiger partial charge < -0.3 is 20.3 Å². The molecule has 2 N–H and O–H groups in total. The predicted molar refractivity (Wildman–Crippen MR) is 141 cm³/mol. The average molecular weight is 487 g/mol. The minimum atomic E-state index is 0.0154. The van der Waals surface area contributed by atoms with Crippen LogP contribution in [0.1, 0.15) is 47.3 Å². The summed E-state index contributed by atoms with van der Waals surface area (Å²) in [6.07, 6.45) is 10.3. The number of nitrogens with zero attached hydrogens (tertiary/aromatic N) is 4. The quantitative estimate of drug-likeness (QED) is 0.529. The highest BCUT2D eigenvalue weighted by molar-refractivity contribution is 5.96. The van der Waals surface area contributed by atoms with Crippen LogP contribution < -0.4 is 10.6 Å². The Hall–Kier alpha value is -3.23. The molecule has 1 aliphatic carbocycles. The Morgan fingerprint density at radius 3 is 2.86 bits per heavy atom. The number of carbonyl (C=O) groups is 1. The van der Waals surface area contributed by atoms with Crippen LogP contribution >= 0.6 is 0 Å². The van der Waals surface area contributed by atoms with Gasteiger partial charge in [0.2, 0.25) is 0 Å². The first-order chi connectivity index (χ1) is 17.5. The van der Waals surface area contributed by atoms with Crippen molar-refractivity contribution in [1.82, 2.24) is 24.6 Å². The van der Waals surface area contributed by atoms with Crippen LogP contribution in [0.15, 0.2) is 36.7 Å². The Balaban J connectivity index is 1.35.